The van der Waals surface area contributed by atoms with E-state index in [2.05, 4.69) is 25.5 Å². The average Bonchev–Trinajstić information content (AvgIpc) is 3.23. The predicted molar refractivity (Wildman–Crippen MR) is 118 cm³/mol. The highest BCUT2D eigenvalue weighted by molar-refractivity contribution is 6.30. The smallest absolute Gasteiger partial charge is 0.320 e. The SMILES string of the molecule is CN(C)C(=O)c1ccc(-c2cnc(N)c(-c3nnc(Nc4ccc(Cl)cc4)o3)n2)cc1. The molecular formula is C21H18ClN7O2. The minimum Gasteiger partial charge on any atom is -0.401 e. The van der Waals surface area contributed by atoms with Gasteiger partial charge in [-0.1, -0.05) is 28.8 Å². The number of rotatable bonds is 5. The summed E-state index contributed by atoms with van der Waals surface area (Å²) in [5.41, 5.74) is 8.89. The van der Waals surface area contributed by atoms with Gasteiger partial charge in [-0.05, 0) is 36.4 Å². The van der Waals surface area contributed by atoms with Gasteiger partial charge < -0.3 is 20.4 Å². The van der Waals surface area contributed by atoms with E-state index >= 15 is 0 Å². The standard InChI is InChI=1S/C21H18ClN7O2/c1-29(2)20(30)13-5-3-12(4-6-13)16-11-24-18(23)17(26-16)19-27-28-21(31-19)25-15-9-7-14(22)8-10-15/h3-11H,1-2H3,(H2,23,24)(H,25,28). The molecule has 9 nitrogen and oxygen atoms in total. The molecule has 31 heavy (non-hydrogen) atoms. The minimum absolute atomic E-state index is 0.0813. The van der Waals surface area contributed by atoms with Crippen molar-refractivity contribution in [3.8, 4) is 22.8 Å². The number of nitrogens with two attached hydrogens (primary N) is 1. The Labute approximate surface area is 182 Å². The van der Waals surface area contributed by atoms with Crippen molar-refractivity contribution in [1.29, 1.82) is 0 Å². The molecule has 0 atom stereocenters. The second-order valence-corrected chi connectivity index (χ2v) is 7.25. The van der Waals surface area contributed by atoms with Crippen LogP contribution in [0.15, 0.2) is 59.1 Å². The molecule has 3 N–H and O–H groups in total. The predicted octanol–water partition coefficient (Wildman–Crippen LogP) is 3.87. The van der Waals surface area contributed by atoms with Crippen molar-refractivity contribution in [1.82, 2.24) is 25.1 Å². The van der Waals surface area contributed by atoms with Crippen molar-refractivity contribution in [2.75, 3.05) is 25.1 Å². The van der Waals surface area contributed by atoms with Gasteiger partial charge in [-0.2, -0.15) is 0 Å². The van der Waals surface area contributed by atoms with Crippen molar-refractivity contribution in [3.05, 3.63) is 65.3 Å². The lowest BCUT2D eigenvalue weighted by atomic mass is 10.1. The average molecular weight is 436 g/mol. The number of carbonyl (C=O) groups is 1. The van der Waals surface area contributed by atoms with Gasteiger partial charge in [0.15, 0.2) is 11.5 Å². The van der Waals surface area contributed by atoms with E-state index in [9.17, 15) is 4.79 Å². The zero-order valence-electron chi connectivity index (χ0n) is 16.7. The molecule has 0 radical (unpaired) electrons. The van der Waals surface area contributed by atoms with E-state index in [1.165, 1.54) is 4.90 Å². The number of amides is 1. The largest absolute Gasteiger partial charge is 0.401 e. The Morgan fingerprint density at radius 1 is 1.06 bits per heavy atom. The third-order valence-corrected chi connectivity index (χ3v) is 4.61. The number of nitrogens with one attached hydrogen (secondary N) is 1. The molecule has 0 saturated carbocycles. The molecule has 1 amide bonds. The Bertz CT molecular complexity index is 1220. The van der Waals surface area contributed by atoms with Crippen LogP contribution in [0.4, 0.5) is 17.5 Å². The zero-order valence-corrected chi connectivity index (χ0v) is 17.5. The minimum atomic E-state index is -0.0813. The Hall–Kier alpha value is -3.98. The fourth-order valence-corrected chi connectivity index (χ4v) is 2.89. The molecule has 2 heterocycles. The van der Waals surface area contributed by atoms with Gasteiger partial charge in [-0.25, -0.2) is 9.97 Å². The first-order chi connectivity index (χ1) is 14.9. The van der Waals surface area contributed by atoms with E-state index in [1.54, 1.807) is 68.8 Å². The Kier molecular flexibility index (Phi) is 5.50. The molecule has 4 aromatic rings. The molecule has 0 bridgehead atoms. The lowest BCUT2D eigenvalue weighted by Gasteiger charge is -2.10. The molecule has 0 saturated heterocycles. The molecule has 0 aliphatic carbocycles. The first-order valence-corrected chi connectivity index (χ1v) is 9.59. The second-order valence-electron chi connectivity index (χ2n) is 6.81. The van der Waals surface area contributed by atoms with Gasteiger partial charge >= 0.3 is 6.01 Å². The van der Waals surface area contributed by atoms with Crippen LogP contribution in [-0.2, 0) is 0 Å². The van der Waals surface area contributed by atoms with Crippen molar-refractivity contribution >= 4 is 35.0 Å². The third-order valence-electron chi connectivity index (χ3n) is 4.36. The molecule has 10 heteroatoms. The summed E-state index contributed by atoms with van der Waals surface area (Å²) in [6.07, 6.45) is 1.55. The van der Waals surface area contributed by atoms with Crippen molar-refractivity contribution < 1.29 is 9.21 Å². The van der Waals surface area contributed by atoms with Crippen LogP contribution >= 0.6 is 11.6 Å². The molecule has 2 aromatic heterocycles. The van der Waals surface area contributed by atoms with Gasteiger partial charge in [0.25, 0.3) is 11.8 Å². The number of nitrogen functional groups attached to an aromatic ring is 1. The number of nitrogens with zero attached hydrogens (tertiary/aromatic N) is 5. The van der Waals surface area contributed by atoms with Gasteiger partial charge in [0, 0.05) is 35.9 Å². The lowest BCUT2D eigenvalue weighted by molar-refractivity contribution is 0.0827. The first kappa shape index (κ1) is 20.3. The highest BCUT2D eigenvalue weighted by Gasteiger charge is 2.16. The second kappa shape index (κ2) is 8.41. The quantitative estimate of drug-likeness (QED) is 0.484. The highest BCUT2D eigenvalue weighted by atomic mass is 35.5. The van der Waals surface area contributed by atoms with Crippen LogP contribution in [0, 0.1) is 0 Å². The molecule has 0 aliphatic rings. The Morgan fingerprint density at radius 3 is 2.45 bits per heavy atom. The van der Waals surface area contributed by atoms with Gasteiger partial charge in [-0.3, -0.25) is 4.79 Å². The Morgan fingerprint density at radius 2 is 1.77 bits per heavy atom. The van der Waals surface area contributed by atoms with Crippen LogP contribution in [0.5, 0.6) is 0 Å². The first-order valence-electron chi connectivity index (χ1n) is 9.22. The number of anilines is 3. The monoisotopic (exact) mass is 435 g/mol. The fraction of sp³-hybridized carbons (Fsp3) is 0.0952. The molecule has 0 spiro atoms. The number of carbonyl (C=O) groups excluding carboxylic acids is 1. The van der Waals surface area contributed by atoms with E-state index in [-0.39, 0.29) is 29.3 Å². The third kappa shape index (κ3) is 4.46. The topological polar surface area (TPSA) is 123 Å². The maximum atomic E-state index is 12.1. The summed E-state index contributed by atoms with van der Waals surface area (Å²) in [7, 11) is 3.41. The van der Waals surface area contributed by atoms with Gasteiger partial charge in [0.2, 0.25) is 0 Å². The van der Waals surface area contributed by atoms with E-state index in [1.807, 2.05) is 0 Å². The molecule has 0 aliphatic heterocycles. The number of benzene rings is 2. The fourth-order valence-electron chi connectivity index (χ4n) is 2.76. The van der Waals surface area contributed by atoms with Crippen LogP contribution in [0.2, 0.25) is 5.02 Å². The van der Waals surface area contributed by atoms with Gasteiger partial charge in [-0.15, -0.1) is 5.10 Å². The van der Waals surface area contributed by atoms with E-state index in [0.717, 1.165) is 11.3 Å². The lowest BCUT2D eigenvalue weighted by Crippen LogP contribution is -2.21. The molecule has 156 valence electrons. The van der Waals surface area contributed by atoms with E-state index in [4.69, 9.17) is 21.8 Å². The molecule has 4 rings (SSSR count). The van der Waals surface area contributed by atoms with Crippen molar-refractivity contribution in [3.63, 3.8) is 0 Å². The van der Waals surface area contributed by atoms with Crippen molar-refractivity contribution in [2.24, 2.45) is 0 Å². The summed E-state index contributed by atoms with van der Waals surface area (Å²) in [5.74, 6) is 0.203. The summed E-state index contributed by atoms with van der Waals surface area (Å²) in [5, 5.41) is 11.6. The number of aromatic nitrogens is 4. The van der Waals surface area contributed by atoms with Crippen LogP contribution in [0.3, 0.4) is 0 Å². The van der Waals surface area contributed by atoms with Crippen LogP contribution in [0.25, 0.3) is 22.8 Å². The Balaban J connectivity index is 1.59. The zero-order chi connectivity index (χ0) is 22.0. The van der Waals surface area contributed by atoms with E-state index in [0.29, 0.717) is 16.3 Å². The van der Waals surface area contributed by atoms with E-state index < -0.39 is 0 Å². The van der Waals surface area contributed by atoms with Gasteiger partial charge in [0.05, 0.1) is 11.9 Å². The number of hydrogen-bond donors (Lipinski definition) is 2. The van der Waals surface area contributed by atoms with Crippen LogP contribution in [0.1, 0.15) is 10.4 Å². The van der Waals surface area contributed by atoms with Crippen molar-refractivity contribution in [2.45, 2.75) is 0 Å². The summed E-state index contributed by atoms with van der Waals surface area (Å²) in [6, 6.07) is 14.3. The van der Waals surface area contributed by atoms with Crippen LogP contribution < -0.4 is 11.1 Å². The molecule has 0 unspecified atom stereocenters. The maximum absolute atomic E-state index is 12.1. The summed E-state index contributed by atoms with van der Waals surface area (Å²) >= 11 is 5.89. The molecular weight excluding hydrogens is 418 g/mol. The number of halogens is 1. The maximum Gasteiger partial charge on any atom is 0.320 e. The highest BCUT2D eigenvalue weighted by Crippen LogP contribution is 2.27. The molecule has 2 aromatic carbocycles. The van der Waals surface area contributed by atoms with Gasteiger partial charge in [0.1, 0.15) is 0 Å². The number of hydrogen-bond acceptors (Lipinski definition) is 8. The summed E-state index contributed by atoms with van der Waals surface area (Å²) < 4.78 is 5.65. The van der Waals surface area contributed by atoms with Crippen LogP contribution in [-0.4, -0.2) is 45.1 Å². The summed E-state index contributed by atoms with van der Waals surface area (Å²) in [6.45, 7) is 0. The normalized spacial score (nSPS) is 10.7. The summed E-state index contributed by atoms with van der Waals surface area (Å²) in [4.78, 5) is 22.3. The molecule has 0 fully saturated rings.